The molecule has 1 aliphatic carbocycles. The summed E-state index contributed by atoms with van der Waals surface area (Å²) in [5, 5.41) is 0. The minimum atomic E-state index is -0.772. The Morgan fingerprint density at radius 1 is 1.11 bits per heavy atom. The fourth-order valence-corrected chi connectivity index (χ4v) is 2.43. The summed E-state index contributed by atoms with van der Waals surface area (Å²) in [5.74, 6) is -1.83. The molecule has 3 amide bonds. The first-order chi connectivity index (χ1) is 8.99. The highest BCUT2D eigenvalue weighted by molar-refractivity contribution is 6.37. The number of hydrogen-bond acceptors (Lipinski definition) is 4. The first kappa shape index (κ1) is 15.6. The summed E-state index contributed by atoms with van der Waals surface area (Å²) in [4.78, 5) is 37.9. The van der Waals surface area contributed by atoms with Crippen LogP contribution in [0.5, 0.6) is 0 Å². The molecule has 0 aliphatic heterocycles. The fourth-order valence-electron chi connectivity index (χ4n) is 2.43. The van der Waals surface area contributed by atoms with E-state index in [1.54, 1.807) is 7.05 Å². The summed E-state index contributed by atoms with van der Waals surface area (Å²) in [5.41, 5.74) is 5.35. The molecule has 0 unspecified atom stereocenters. The van der Waals surface area contributed by atoms with Gasteiger partial charge >= 0.3 is 11.8 Å². The van der Waals surface area contributed by atoms with Crippen LogP contribution in [0.15, 0.2) is 0 Å². The lowest BCUT2D eigenvalue weighted by Gasteiger charge is -2.31. The summed E-state index contributed by atoms with van der Waals surface area (Å²) in [6.45, 7) is 1.51. The summed E-state index contributed by atoms with van der Waals surface area (Å²) < 4.78 is 0. The maximum Gasteiger partial charge on any atom is 0.318 e. The van der Waals surface area contributed by atoms with E-state index in [4.69, 9.17) is 5.73 Å². The number of likely N-dealkylation sites (N-methyl/N-ethyl adjacent to an activating group) is 1. The van der Waals surface area contributed by atoms with Gasteiger partial charge in [0.05, 0.1) is 0 Å². The fraction of sp³-hybridized carbons (Fsp3) is 0.769. The number of rotatable bonds is 3. The second-order valence-corrected chi connectivity index (χ2v) is 4.97. The molecule has 0 radical (unpaired) electrons. The van der Waals surface area contributed by atoms with Crippen molar-refractivity contribution in [2.24, 2.45) is 5.73 Å². The topological polar surface area (TPSA) is 83.7 Å². The molecule has 1 saturated carbocycles. The van der Waals surface area contributed by atoms with E-state index in [0.717, 1.165) is 30.6 Å². The Morgan fingerprint density at radius 2 is 1.68 bits per heavy atom. The molecule has 0 bridgehead atoms. The van der Waals surface area contributed by atoms with Crippen molar-refractivity contribution in [1.82, 2.24) is 9.80 Å². The van der Waals surface area contributed by atoms with Gasteiger partial charge in [-0.1, -0.05) is 19.3 Å². The molecule has 0 atom stereocenters. The number of amides is 3. The van der Waals surface area contributed by atoms with Gasteiger partial charge in [-0.05, 0) is 12.8 Å². The molecule has 2 N–H and O–H groups in total. The average molecular weight is 269 g/mol. The molecule has 0 aromatic rings. The molecular weight excluding hydrogens is 246 g/mol. The normalized spacial score (nSPS) is 15.9. The third-order valence-corrected chi connectivity index (χ3v) is 3.60. The van der Waals surface area contributed by atoms with Crippen molar-refractivity contribution in [3.05, 3.63) is 0 Å². The molecule has 1 aliphatic rings. The largest absolute Gasteiger partial charge is 0.335 e. The number of nitrogens with zero attached hydrogens (tertiary/aromatic N) is 2. The van der Waals surface area contributed by atoms with E-state index in [1.165, 1.54) is 18.2 Å². The third kappa shape index (κ3) is 4.02. The molecule has 0 spiro atoms. The quantitative estimate of drug-likeness (QED) is 0.737. The van der Waals surface area contributed by atoms with Gasteiger partial charge in [0.15, 0.2) is 0 Å². The van der Waals surface area contributed by atoms with Gasteiger partial charge in [0, 0.05) is 33.1 Å². The molecule has 19 heavy (non-hydrogen) atoms. The highest BCUT2D eigenvalue weighted by Crippen LogP contribution is 2.21. The SMILES string of the molecule is CC(=O)N(CCN)C(=O)C(=O)N(C)C1CCCCC1. The minimum absolute atomic E-state index is 0.0818. The van der Waals surface area contributed by atoms with E-state index < -0.39 is 17.7 Å². The Bertz CT molecular complexity index is 351. The van der Waals surface area contributed by atoms with Crippen LogP contribution in [0.2, 0.25) is 0 Å². The van der Waals surface area contributed by atoms with E-state index in [0.29, 0.717) is 0 Å². The first-order valence-corrected chi connectivity index (χ1v) is 6.78. The predicted molar refractivity (Wildman–Crippen MR) is 71.1 cm³/mol. The lowest BCUT2D eigenvalue weighted by molar-refractivity contribution is -0.156. The summed E-state index contributed by atoms with van der Waals surface area (Å²) in [6.07, 6.45) is 5.18. The van der Waals surface area contributed by atoms with E-state index in [2.05, 4.69) is 0 Å². The van der Waals surface area contributed by atoms with Gasteiger partial charge in [-0.2, -0.15) is 0 Å². The van der Waals surface area contributed by atoms with Crippen molar-refractivity contribution in [3.8, 4) is 0 Å². The lowest BCUT2D eigenvalue weighted by atomic mass is 9.94. The Labute approximate surface area is 113 Å². The summed E-state index contributed by atoms with van der Waals surface area (Å²) in [6, 6.07) is 0.108. The van der Waals surface area contributed by atoms with E-state index in [1.807, 2.05) is 0 Å². The second kappa shape index (κ2) is 7.23. The van der Waals surface area contributed by atoms with Crippen LogP contribution in [0.25, 0.3) is 0 Å². The zero-order valence-corrected chi connectivity index (χ0v) is 11.7. The van der Waals surface area contributed by atoms with Gasteiger partial charge in [-0.15, -0.1) is 0 Å². The number of hydrogen-bond donors (Lipinski definition) is 1. The number of carbonyl (C=O) groups excluding carboxylic acids is 3. The molecule has 6 nitrogen and oxygen atoms in total. The number of nitrogens with two attached hydrogens (primary N) is 1. The molecular formula is C13H23N3O3. The van der Waals surface area contributed by atoms with Crippen molar-refractivity contribution >= 4 is 17.7 Å². The van der Waals surface area contributed by atoms with Crippen molar-refractivity contribution < 1.29 is 14.4 Å². The first-order valence-electron chi connectivity index (χ1n) is 6.78. The highest BCUT2D eigenvalue weighted by atomic mass is 16.2. The van der Waals surface area contributed by atoms with Crippen LogP contribution >= 0.6 is 0 Å². The van der Waals surface area contributed by atoms with Crippen LogP contribution in [0.3, 0.4) is 0 Å². The summed E-state index contributed by atoms with van der Waals surface area (Å²) >= 11 is 0. The Morgan fingerprint density at radius 3 is 2.16 bits per heavy atom. The van der Waals surface area contributed by atoms with Crippen molar-refractivity contribution in [2.75, 3.05) is 20.1 Å². The molecule has 1 rings (SSSR count). The van der Waals surface area contributed by atoms with Crippen LogP contribution in [0.4, 0.5) is 0 Å². The third-order valence-electron chi connectivity index (χ3n) is 3.60. The smallest absolute Gasteiger partial charge is 0.318 e. The maximum atomic E-state index is 12.1. The lowest BCUT2D eigenvalue weighted by Crippen LogP contribution is -2.50. The van der Waals surface area contributed by atoms with Gasteiger partial charge in [-0.3, -0.25) is 19.3 Å². The summed E-state index contributed by atoms with van der Waals surface area (Å²) in [7, 11) is 1.64. The molecule has 0 aromatic heterocycles. The minimum Gasteiger partial charge on any atom is -0.335 e. The van der Waals surface area contributed by atoms with Crippen LogP contribution in [0.1, 0.15) is 39.0 Å². The molecule has 0 saturated heterocycles. The van der Waals surface area contributed by atoms with Crippen molar-refractivity contribution in [3.63, 3.8) is 0 Å². The molecule has 0 aromatic carbocycles. The standard InChI is InChI=1S/C13H23N3O3/c1-10(17)16(9-8-14)13(19)12(18)15(2)11-6-4-3-5-7-11/h11H,3-9,14H2,1-2H3. The molecule has 0 heterocycles. The van der Waals surface area contributed by atoms with E-state index >= 15 is 0 Å². The molecule has 108 valence electrons. The molecule has 1 fully saturated rings. The zero-order chi connectivity index (χ0) is 14.4. The number of carbonyl (C=O) groups is 3. The van der Waals surface area contributed by atoms with E-state index in [-0.39, 0.29) is 19.1 Å². The monoisotopic (exact) mass is 269 g/mol. The van der Waals surface area contributed by atoms with Gasteiger partial charge in [0.25, 0.3) is 0 Å². The van der Waals surface area contributed by atoms with Crippen LogP contribution in [0, 0.1) is 0 Å². The average Bonchev–Trinajstić information content (AvgIpc) is 2.43. The Kier molecular flexibility index (Phi) is 5.95. The van der Waals surface area contributed by atoms with Crippen LogP contribution in [-0.4, -0.2) is 53.7 Å². The Hall–Kier alpha value is -1.43. The van der Waals surface area contributed by atoms with Crippen LogP contribution in [-0.2, 0) is 14.4 Å². The molecule has 6 heteroatoms. The maximum absolute atomic E-state index is 12.1. The Balaban J connectivity index is 2.68. The number of imide groups is 1. The van der Waals surface area contributed by atoms with Gasteiger partial charge in [0.1, 0.15) is 0 Å². The van der Waals surface area contributed by atoms with Gasteiger partial charge in [-0.25, -0.2) is 0 Å². The van der Waals surface area contributed by atoms with Crippen molar-refractivity contribution in [2.45, 2.75) is 45.1 Å². The zero-order valence-electron chi connectivity index (χ0n) is 11.7. The van der Waals surface area contributed by atoms with Gasteiger partial charge in [0.2, 0.25) is 5.91 Å². The van der Waals surface area contributed by atoms with Gasteiger partial charge < -0.3 is 10.6 Å². The van der Waals surface area contributed by atoms with Crippen LogP contribution < -0.4 is 5.73 Å². The second-order valence-electron chi connectivity index (χ2n) is 4.97. The highest BCUT2D eigenvalue weighted by Gasteiger charge is 2.31. The van der Waals surface area contributed by atoms with Crippen molar-refractivity contribution in [1.29, 1.82) is 0 Å². The van der Waals surface area contributed by atoms with E-state index in [9.17, 15) is 14.4 Å². The predicted octanol–water partition coefficient (Wildman–Crippen LogP) is 0.111.